The number of hydrogen-bond donors (Lipinski definition) is 1. The topological polar surface area (TPSA) is 12.0 Å². The van der Waals surface area contributed by atoms with Gasteiger partial charge >= 0.3 is 0 Å². The van der Waals surface area contributed by atoms with Crippen LogP contribution in [0.1, 0.15) is 15.3 Å². The van der Waals surface area contributed by atoms with Crippen LogP contribution in [0.5, 0.6) is 0 Å². The molecular weight excluding hydrogens is 240 g/mol. The number of thiophene rings is 1. The number of halogens is 2. The molecule has 0 radical (unpaired) electrons. The molecule has 1 aromatic heterocycles. The quantitative estimate of drug-likeness (QED) is 0.862. The first-order valence-corrected chi connectivity index (χ1v) is 6.12. The van der Waals surface area contributed by atoms with E-state index in [9.17, 15) is 8.78 Å². The number of anilines is 1. The Balaban J connectivity index is 2.09. The molecule has 1 heterocycles. The number of aryl methyl sites for hydroxylation is 2. The Morgan fingerprint density at radius 1 is 1.06 bits per heavy atom. The van der Waals surface area contributed by atoms with Gasteiger partial charge in [0.1, 0.15) is 11.6 Å². The molecule has 0 saturated carbocycles. The zero-order valence-electron chi connectivity index (χ0n) is 9.68. The number of nitrogens with one attached hydrogen (secondary N) is 1. The molecule has 17 heavy (non-hydrogen) atoms. The Kier molecular flexibility index (Phi) is 3.43. The summed E-state index contributed by atoms with van der Waals surface area (Å²) in [6.45, 7) is 4.67. The summed E-state index contributed by atoms with van der Waals surface area (Å²) in [5.74, 6) is -1.13. The third kappa shape index (κ3) is 3.03. The maximum Gasteiger partial charge on any atom is 0.128 e. The molecule has 0 aliphatic heterocycles. The average Bonchev–Trinajstić information content (AvgIpc) is 2.53. The van der Waals surface area contributed by atoms with Crippen molar-refractivity contribution in [1.82, 2.24) is 0 Å². The van der Waals surface area contributed by atoms with E-state index in [2.05, 4.69) is 11.4 Å². The van der Waals surface area contributed by atoms with Gasteiger partial charge in [-0.2, -0.15) is 0 Å². The van der Waals surface area contributed by atoms with E-state index >= 15 is 0 Å². The smallest absolute Gasteiger partial charge is 0.128 e. The number of benzene rings is 1. The first-order chi connectivity index (χ1) is 8.04. The maximum atomic E-state index is 13.0. The van der Waals surface area contributed by atoms with E-state index < -0.39 is 11.6 Å². The molecule has 0 atom stereocenters. The van der Waals surface area contributed by atoms with Crippen LogP contribution in [0, 0.1) is 25.5 Å². The van der Waals surface area contributed by atoms with Gasteiger partial charge in [-0.15, -0.1) is 11.3 Å². The van der Waals surface area contributed by atoms with Crippen LogP contribution >= 0.6 is 11.3 Å². The fourth-order valence-electron chi connectivity index (χ4n) is 1.71. The molecule has 1 nitrogen and oxygen atoms in total. The molecule has 1 N–H and O–H groups in total. The zero-order valence-corrected chi connectivity index (χ0v) is 10.5. The Hall–Kier alpha value is -1.42. The first-order valence-electron chi connectivity index (χ1n) is 5.30. The Bertz CT molecular complexity index is 514. The van der Waals surface area contributed by atoms with E-state index in [0.717, 1.165) is 11.6 Å². The predicted octanol–water partition coefficient (Wildman–Crippen LogP) is 4.26. The molecule has 2 rings (SSSR count). The lowest BCUT2D eigenvalue weighted by molar-refractivity contribution is 0.584. The standard InChI is InChI=1S/C13H13F2NS/c1-8-3-10(9(2)17-8)7-16-13-5-11(14)4-12(15)6-13/h3-6,16H,7H2,1-2H3. The van der Waals surface area contributed by atoms with Crippen LogP contribution < -0.4 is 5.32 Å². The van der Waals surface area contributed by atoms with Crippen LogP contribution in [0.3, 0.4) is 0 Å². The van der Waals surface area contributed by atoms with Gasteiger partial charge in [0.2, 0.25) is 0 Å². The summed E-state index contributed by atoms with van der Waals surface area (Å²) in [5, 5.41) is 3.02. The Labute approximate surface area is 103 Å². The van der Waals surface area contributed by atoms with Crippen molar-refractivity contribution in [3.63, 3.8) is 0 Å². The highest BCUT2D eigenvalue weighted by Gasteiger charge is 2.04. The lowest BCUT2D eigenvalue weighted by Gasteiger charge is -2.06. The molecule has 1 aromatic carbocycles. The van der Waals surface area contributed by atoms with Gasteiger partial charge in [-0.3, -0.25) is 0 Å². The lowest BCUT2D eigenvalue weighted by Crippen LogP contribution is -2.00. The lowest BCUT2D eigenvalue weighted by atomic mass is 10.2. The van der Waals surface area contributed by atoms with Crippen molar-refractivity contribution in [3.8, 4) is 0 Å². The van der Waals surface area contributed by atoms with Gasteiger partial charge in [-0.1, -0.05) is 0 Å². The van der Waals surface area contributed by atoms with Gasteiger partial charge in [0, 0.05) is 28.1 Å². The summed E-state index contributed by atoms with van der Waals surface area (Å²) in [4.78, 5) is 2.47. The van der Waals surface area contributed by atoms with Gasteiger partial charge < -0.3 is 5.32 Å². The molecule has 0 fully saturated rings. The number of hydrogen-bond acceptors (Lipinski definition) is 2. The largest absolute Gasteiger partial charge is 0.381 e. The van der Waals surface area contributed by atoms with Crippen LogP contribution in [0.4, 0.5) is 14.5 Å². The minimum absolute atomic E-state index is 0.464. The highest BCUT2D eigenvalue weighted by molar-refractivity contribution is 7.12. The van der Waals surface area contributed by atoms with Gasteiger partial charge in [0.05, 0.1) is 0 Å². The van der Waals surface area contributed by atoms with Gasteiger partial charge in [0.15, 0.2) is 0 Å². The summed E-state index contributed by atoms with van der Waals surface area (Å²) in [5.41, 5.74) is 1.63. The summed E-state index contributed by atoms with van der Waals surface area (Å²) in [6.07, 6.45) is 0. The molecule has 0 unspecified atom stereocenters. The molecule has 0 aliphatic rings. The SMILES string of the molecule is Cc1cc(CNc2cc(F)cc(F)c2)c(C)s1. The number of rotatable bonds is 3. The van der Waals surface area contributed by atoms with Crippen molar-refractivity contribution in [2.24, 2.45) is 0 Å². The van der Waals surface area contributed by atoms with Crippen molar-refractivity contribution in [2.75, 3.05) is 5.32 Å². The normalized spacial score (nSPS) is 10.6. The summed E-state index contributed by atoms with van der Waals surface area (Å²) < 4.78 is 25.9. The van der Waals surface area contributed by atoms with Crippen LogP contribution in [-0.2, 0) is 6.54 Å². The van der Waals surface area contributed by atoms with Gasteiger partial charge in [0.25, 0.3) is 0 Å². The Morgan fingerprint density at radius 3 is 2.24 bits per heavy atom. The molecule has 4 heteroatoms. The van der Waals surface area contributed by atoms with Crippen molar-refractivity contribution in [2.45, 2.75) is 20.4 Å². The third-order valence-electron chi connectivity index (χ3n) is 2.49. The summed E-state index contributed by atoms with van der Waals surface area (Å²) >= 11 is 1.72. The minimum atomic E-state index is -0.564. The van der Waals surface area contributed by atoms with Crippen LogP contribution in [-0.4, -0.2) is 0 Å². The zero-order chi connectivity index (χ0) is 12.4. The van der Waals surface area contributed by atoms with Gasteiger partial charge in [-0.05, 0) is 37.6 Å². The van der Waals surface area contributed by atoms with Crippen LogP contribution in [0.2, 0.25) is 0 Å². The fourth-order valence-corrected chi connectivity index (χ4v) is 2.66. The Morgan fingerprint density at radius 2 is 1.71 bits per heavy atom. The average molecular weight is 253 g/mol. The molecule has 90 valence electrons. The molecule has 0 aliphatic carbocycles. The first kappa shape index (κ1) is 12.0. The highest BCUT2D eigenvalue weighted by atomic mass is 32.1. The predicted molar refractivity (Wildman–Crippen MR) is 67.5 cm³/mol. The van der Waals surface area contributed by atoms with E-state index in [4.69, 9.17) is 0 Å². The summed E-state index contributed by atoms with van der Waals surface area (Å²) in [7, 11) is 0. The fraction of sp³-hybridized carbons (Fsp3) is 0.231. The van der Waals surface area contributed by atoms with E-state index in [0.29, 0.717) is 12.2 Å². The van der Waals surface area contributed by atoms with E-state index in [-0.39, 0.29) is 0 Å². The minimum Gasteiger partial charge on any atom is -0.381 e. The van der Waals surface area contributed by atoms with Crippen molar-refractivity contribution in [3.05, 3.63) is 51.2 Å². The van der Waals surface area contributed by atoms with Gasteiger partial charge in [-0.25, -0.2) is 8.78 Å². The maximum absolute atomic E-state index is 13.0. The third-order valence-corrected chi connectivity index (χ3v) is 3.50. The van der Waals surface area contributed by atoms with E-state index in [1.165, 1.54) is 21.9 Å². The summed E-state index contributed by atoms with van der Waals surface area (Å²) in [6, 6.07) is 5.53. The molecular formula is C13H13F2NS. The van der Waals surface area contributed by atoms with E-state index in [1.54, 1.807) is 11.3 Å². The van der Waals surface area contributed by atoms with E-state index in [1.807, 2.05) is 13.8 Å². The van der Waals surface area contributed by atoms with Crippen molar-refractivity contribution >= 4 is 17.0 Å². The second-order valence-corrected chi connectivity index (χ2v) is 5.41. The molecule has 0 spiro atoms. The second-order valence-electron chi connectivity index (χ2n) is 3.95. The van der Waals surface area contributed by atoms with Crippen molar-refractivity contribution in [1.29, 1.82) is 0 Å². The highest BCUT2D eigenvalue weighted by Crippen LogP contribution is 2.22. The monoisotopic (exact) mass is 253 g/mol. The second kappa shape index (κ2) is 4.84. The van der Waals surface area contributed by atoms with Crippen LogP contribution in [0.15, 0.2) is 24.3 Å². The van der Waals surface area contributed by atoms with Crippen molar-refractivity contribution < 1.29 is 8.78 Å². The molecule has 0 saturated heterocycles. The molecule has 0 amide bonds. The molecule has 2 aromatic rings. The van der Waals surface area contributed by atoms with Crippen LogP contribution in [0.25, 0.3) is 0 Å². The molecule has 0 bridgehead atoms.